The number of carbonyl (C=O) groups is 1. The van der Waals surface area contributed by atoms with Crippen LogP contribution in [0.15, 0.2) is 9.95 Å². The van der Waals surface area contributed by atoms with Crippen molar-refractivity contribution in [3.05, 3.63) is 15.9 Å². The lowest BCUT2D eigenvalue weighted by atomic mass is 10.3. The summed E-state index contributed by atoms with van der Waals surface area (Å²) in [5, 5.41) is 9.36. The van der Waals surface area contributed by atoms with Crippen molar-refractivity contribution in [1.82, 2.24) is 9.97 Å². The first-order chi connectivity index (χ1) is 6.06. The molecule has 4 N–H and O–H groups in total. The lowest BCUT2D eigenvalue weighted by Crippen LogP contribution is -2.24. The van der Waals surface area contributed by atoms with Crippen LogP contribution in [0, 0.1) is 0 Å². The van der Waals surface area contributed by atoms with Gasteiger partial charge in [0.25, 0.3) is 11.5 Å². The molecule has 0 bridgehead atoms. The predicted molar refractivity (Wildman–Crippen MR) is 46.8 cm³/mol. The Bertz CT molecular complexity index is 401. The molecule has 0 unspecified atom stereocenters. The highest BCUT2D eigenvalue weighted by atomic mass is 32.2. The number of nitrogens with zero attached hydrogens (tertiary/aromatic N) is 1. The lowest BCUT2D eigenvalue weighted by Gasteiger charge is -1.99. The van der Waals surface area contributed by atoms with Crippen molar-refractivity contribution in [2.24, 2.45) is 5.73 Å². The Morgan fingerprint density at radius 1 is 1.69 bits per heavy atom. The Balaban J connectivity index is 3.40. The highest BCUT2D eigenvalue weighted by molar-refractivity contribution is 7.98. The number of thioether (sulfide) groups is 1. The molecule has 0 aliphatic rings. The summed E-state index contributed by atoms with van der Waals surface area (Å²) in [5.74, 6) is -1.64. The minimum Gasteiger partial charge on any atom is -0.493 e. The van der Waals surface area contributed by atoms with Gasteiger partial charge in [0, 0.05) is 0 Å². The third-order valence-electron chi connectivity index (χ3n) is 1.32. The number of nitrogens with two attached hydrogens (primary N) is 1. The first-order valence-electron chi connectivity index (χ1n) is 3.23. The molecule has 0 saturated carbocycles. The topological polar surface area (TPSA) is 109 Å². The summed E-state index contributed by atoms with van der Waals surface area (Å²) in [6.07, 6.45) is 1.67. The number of rotatable bonds is 2. The van der Waals surface area contributed by atoms with E-state index in [-0.39, 0.29) is 5.16 Å². The SMILES string of the molecule is CSc1nc(O)c(C(N)=O)c(=O)[nH]1. The third-order valence-corrected chi connectivity index (χ3v) is 1.90. The van der Waals surface area contributed by atoms with E-state index >= 15 is 0 Å². The predicted octanol–water partition coefficient (Wildman–Crippen LogP) is -0.704. The van der Waals surface area contributed by atoms with Crippen molar-refractivity contribution in [3.8, 4) is 5.88 Å². The van der Waals surface area contributed by atoms with E-state index in [0.29, 0.717) is 0 Å². The van der Waals surface area contributed by atoms with Gasteiger partial charge in [0.15, 0.2) is 10.7 Å². The van der Waals surface area contributed by atoms with Gasteiger partial charge in [-0.1, -0.05) is 11.8 Å². The Kier molecular flexibility index (Phi) is 2.57. The number of carbonyl (C=O) groups excluding carboxylic acids is 1. The van der Waals surface area contributed by atoms with E-state index in [0.717, 1.165) is 11.8 Å². The van der Waals surface area contributed by atoms with E-state index in [4.69, 9.17) is 10.8 Å². The number of amides is 1. The molecule has 1 aromatic heterocycles. The normalized spacial score (nSPS) is 9.92. The monoisotopic (exact) mass is 201 g/mol. The van der Waals surface area contributed by atoms with Crippen LogP contribution in [0.5, 0.6) is 5.88 Å². The summed E-state index contributed by atoms with van der Waals surface area (Å²) < 4.78 is 0. The highest BCUT2D eigenvalue weighted by Gasteiger charge is 2.15. The smallest absolute Gasteiger partial charge is 0.268 e. The van der Waals surface area contributed by atoms with E-state index in [1.807, 2.05) is 0 Å². The summed E-state index contributed by atoms with van der Waals surface area (Å²) in [7, 11) is 0. The van der Waals surface area contributed by atoms with E-state index in [9.17, 15) is 9.59 Å². The maximum absolute atomic E-state index is 11.1. The number of aromatic nitrogens is 2. The summed E-state index contributed by atoms with van der Waals surface area (Å²) >= 11 is 1.14. The molecule has 0 radical (unpaired) electrons. The summed E-state index contributed by atoms with van der Waals surface area (Å²) in [4.78, 5) is 27.5. The van der Waals surface area contributed by atoms with E-state index in [2.05, 4.69) is 9.97 Å². The van der Waals surface area contributed by atoms with Gasteiger partial charge in [-0.15, -0.1) is 0 Å². The van der Waals surface area contributed by atoms with Crippen LogP contribution in [0.3, 0.4) is 0 Å². The van der Waals surface area contributed by atoms with Crippen molar-refractivity contribution in [2.75, 3.05) is 6.26 Å². The van der Waals surface area contributed by atoms with Gasteiger partial charge < -0.3 is 15.8 Å². The summed E-state index contributed by atoms with van der Waals surface area (Å²) in [6.45, 7) is 0. The third kappa shape index (κ3) is 1.81. The fourth-order valence-electron chi connectivity index (χ4n) is 0.760. The standard InChI is InChI=1S/C6H7N3O3S/c1-13-6-8-4(11)2(3(7)10)5(12)9-6/h1H3,(H2,7,10)(H2,8,9,11,12). The van der Waals surface area contributed by atoms with Gasteiger partial charge in [-0.05, 0) is 6.26 Å². The fraction of sp³-hybridized carbons (Fsp3) is 0.167. The quantitative estimate of drug-likeness (QED) is 0.433. The fourth-order valence-corrected chi connectivity index (χ4v) is 1.13. The molecule has 0 spiro atoms. The highest BCUT2D eigenvalue weighted by Crippen LogP contribution is 2.12. The lowest BCUT2D eigenvalue weighted by molar-refractivity contribution is 0.0995. The maximum Gasteiger partial charge on any atom is 0.268 e. The Morgan fingerprint density at radius 2 is 2.31 bits per heavy atom. The van der Waals surface area contributed by atoms with E-state index in [1.54, 1.807) is 6.26 Å². The number of aromatic amines is 1. The second-order valence-corrected chi connectivity index (χ2v) is 2.93. The van der Waals surface area contributed by atoms with Crippen LogP contribution in [0.2, 0.25) is 0 Å². The maximum atomic E-state index is 11.1. The van der Waals surface area contributed by atoms with Gasteiger partial charge in [0.05, 0.1) is 0 Å². The van der Waals surface area contributed by atoms with Crippen LogP contribution in [0.4, 0.5) is 0 Å². The van der Waals surface area contributed by atoms with Gasteiger partial charge in [-0.3, -0.25) is 9.59 Å². The van der Waals surface area contributed by atoms with Crippen LogP contribution >= 0.6 is 11.8 Å². The van der Waals surface area contributed by atoms with Crippen molar-refractivity contribution < 1.29 is 9.90 Å². The molecule has 7 heteroatoms. The van der Waals surface area contributed by atoms with Crippen LogP contribution in [0.25, 0.3) is 0 Å². The molecule has 6 nitrogen and oxygen atoms in total. The van der Waals surface area contributed by atoms with E-state index < -0.39 is 22.9 Å². The van der Waals surface area contributed by atoms with Crippen molar-refractivity contribution >= 4 is 17.7 Å². The number of H-pyrrole nitrogens is 1. The Labute approximate surface area is 77.2 Å². The molecule has 13 heavy (non-hydrogen) atoms. The Hall–Kier alpha value is -1.50. The number of aromatic hydroxyl groups is 1. The minimum absolute atomic E-state index is 0.229. The zero-order valence-corrected chi connectivity index (χ0v) is 7.51. The zero-order chi connectivity index (χ0) is 10.0. The molecule has 0 atom stereocenters. The largest absolute Gasteiger partial charge is 0.493 e. The van der Waals surface area contributed by atoms with Crippen LogP contribution in [0.1, 0.15) is 10.4 Å². The van der Waals surface area contributed by atoms with Gasteiger partial charge in [-0.25, -0.2) is 0 Å². The Morgan fingerprint density at radius 3 is 2.69 bits per heavy atom. The average molecular weight is 201 g/mol. The number of nitrogens with one attached hydrogen (secondary N) is 1. The molecular weight excluding hydrogens is 194 g/mol. The van der Waals surface area contributed by atoms with Crippen molar-refractivity contribution in [1.29, 1.82) is 0 Å². The van der Waals surface area contributed by atoms with Crippen LogP contribution in [-0.4, -0.2) is 27.2 Å². The molecule has 1 amide bonds. The molecular formula is C6H7N3O3S. The van der Waals surface area contributed by atoms with E-state index in [1.165, 1.54) is 0 Å². The molecule has 0 fully saturated rings. The second-order valence-electron chi connectivity index (χ2n) is 2.14. The molecule has 1 rings (SSSR count). The number of primary amides is 1. The average Bonchev–Trinajstić information content (AvgIpc) is 2.02. The molecule has 1 aromatic rings. The summed E-state index contributed by atoms with van der Waals surface area (Å²) in [5.41, 5.74) is 3.59. The van der Waals surface area contributed by atoms with Crippen molar-refractivity contribution in [3.63, 3.8) is 0 Å². The molecule has 0 saturated heterocycles. The minimum atomic E-state index is -1.00. The van der Waals surface area contributed by atoms with Gasteiger partial charge in [0.1, 0.15) is 0 Å². The molecule has 0 aromatic carbocycles. The van der Waals surface area contributed by atoms with Gasteiger partial charge in [-0.2, -0.15) is 4.98 Å². The zero-order valence-electron chi connectivity index (χ0n) is 6.70. The molecule has 0 aliphatic heterocycles. The number of hydrogen-bond donors (Lipinski definition) is 3. The van der Waals surface area contributed by atoms with Crippen LogP contribution < -0.4 is 11.3 Å². The molecule has 0 aliphatic carbocycles. The molecule has 1 heterocycles. The van der Waals surface area contributed by atoms with Gasteiger partial charge in [0.2, 0.25) is 5.88 Å². The molecule has 70 valence electrons. The number of hydrogen-bond acceptors (Lipinski definition) is 5. The van der Waals surface area contributed by atoms with Crippen LogP contribution in [-0.2, 0) is 0 Å². The first-order valence-corrected chi connectivity index (χ1v) is 4.45. The summed E-state index contributed by atoms with van der Waals surface area (Å²) in [6, 6.07) is 0. The second kappa shape index (κ2) is 3.48. The van der Waals surface area contributed by atoms with Gasteiger partial charge >= 0.3 is 0 Å². The first kappa shape index (κ1) is 9.59. The van der Waals surface area contributed by atoms with Crippen molar-refractivity contribution in [2.45, 2.75) is 5.16 Å².